The zero-order valence-corrected chi connectivity index (χ0v) is 16.2. The largest absolute Gasteiger partial charge is 0.455 e. The summed E-state index contributed by atoms with van der Waals surface area (Å²) in [4.78, 5) is 36.5. The minimum Gasteiger partial charge on any atom is -0.455 e. The number of amides is 2. The minimum absolute atomic E-state index is 0.0511. The van der Waals surface area contributed by atoms with Crippen LogP contribution in [0.1, 0.15) is 24.2 Å². The molecule has 152 valence electrons. The van der Waals surface area contributed by atoms with Gasteiger partial charge in [-0.15, -0.1) is 0 Å². The number of nitrogens with zero attached hydrogens (tertiary/aromatic N) is 3. The first kappa shape index (κ1) is 18.5. The monoisotopic (exact) mass is 405 g/mol. The fourth-order valence-corrected chi connectivity index (χ4v) is 4.85. The van der Waals surface area contributed by atoms with Gasteiger partial charge in [-0.25, -0.2) is 0 Å². The zero-order valence-electron chi connectivity index (χ0n) is 16.2. The highest BCUT2D eigenvalue weighted by Gasteiger charge is 2.56. The molecular weight excluding hydrogens is 386 g/mol. The van der Waals surface area contributed by atoms with Crippen LogP contribution >= 0.6 is 0 Å². The van der Waals surface area contributed by atoms with E-state index >= 15 is 0 Å². The highest BCUT2D eigenvalue weighted by Crippen LogP contribution is 2.49. The Morgan fingerprint density at radius 2 is 1.77 bits per heavy atom. The van der Waals surface area contributed by atoms with E-state index in [1.54, 1.807) is 31.2 Å². The molecule has 0 radical (unpaired) electrons. The molecule has 2 bridgehead atoms. The Balaban J connectivity index is 1.40. The van der Waals surface area contributed by atoms with Gasteiger partial charge in [0.1, 0.15) is 11.5 Å². The summed E-state index contributed by atoms with van der Waals surface area (Å²) in [7, 11) is 0. The van der Waals surface area contributed by atoms with Gasteiger partial charge in [-0.05, 0) is 55.4 Å². The van der Waals surface area contributed by atoms with Crippen molar-refractivity contribution in [1.82, 2.24) is 5.01 Å². The van der Waals surface area contributed by atoms with Gasteiger partial charge in [0.05, 0.1) is 28.5 Å². The summed E-state index contributed by atoms with van der Waals surface area (Å²) in [5.41, 5.74) is 1.08. The van der Waals surface area contributed by atoms with Crippen molar-refractivity contribution in [3.63, 3.8) is 0 Å². The van der Waals surface area contributed by atoms with Gasteiger partial charge in [0, 0.05) is 6.07 Å². The zero-order chi connectivity index (χ0) is 21.0. The van der Waals surface area contributed by atoms with Crippen molar-refractivity contribution in [2.45, 2.75) is 19.8 Å². The van der Waals surface area contributed by atoms with E-state index in [9.17, 15) is 19.7 Å². The summed E-state index contributed by atoms with van der Waals surface area (Å²) in [5.74, 6) is -0.332. The molecule has 8 heteroatoms. The maximum absolute atomic E-state index is 12.8. The second-order valence-corrected chi connectivity index (χ2v) is 8.05. The average molecular weight is 405 g/mol. The topological polar surface area (TPSA) is 106 Å². The molecule has 30 heavy (non-hydrogen) atoms. The van der Waals surface area contributed by atoms with Crippen LogP contribution in [0.4, 0.5) is 5.69 Å². The highest BCUT2D eigenvalue weighted by molar-refractivity contribution is 6.06. The Morgan fingerprint density at radius 3 is 2.37 bits per heavy atom. The van der Waals surface area contributed by atoms with Crippen molar-refractivity contribution < 1.29 is 18.9 Å². The minimum atomic E-state index is -0.454. The van der Waals surface area contributed by atoms with Gasteiger partial charge in [-0.1, -0.05) is 18.2 Å². The Hall–Kier alpha value is -3.55. The first-order valence-corrected chi connectivity index (χ1v) is 9.89. The maximum Gasteiger partial charge on any atom is 0.280 e. The smallest absolute Gasteiger partial charge is 0.280 e. The fourth-order valence-electron chi connectivity index (χ4n) is 4.85. The molecule has 1 saturated carbocycles. The number of carbonyl (C=O) groups excluding carboxylic acids is 2. The summed E-state index contributed by atoms with van der Waals surface area (Å²) in [5, 5.41) is 16.4. The second kappa shape index (κ2) is 6.76. The van der Waals surface area contributed by atoms with E-state index in [2.05, 4.69) is 17.3 Å². The molecular formula is C22H19N3O5. The van der Waals surface area contributed by atoms with Crippen molar-refractivity contribution >= 4 is 23.7 Å². The lowest BCUT2D eigenvalue weighted by atomic mass is 9.63. The molecule has 2 amide bonds. The van der Waals surface area contributed by atoms with E-state index in [1.807, 2.05) is 0 Å². The fraction of sp³-hybridized carbons (Fsp3) is 0.318. The van der Waals surface area contributed by atoms with Gasteiger partial charge < -0.3 is 4.42 Å². The lowest BCUT2D eigenvalue weighted by Gasteiger charge is -2.37. The van der Waals surface area contributed by atoms with Gasteiger partial charge in [0.2, 0.25) is 0 Å². The summed E-state index contributed by atoms with van der Waals surface area (Å²) >= 11 is 0. The number of hydrogen-bond donors (Lipinski definition) is 0. The summed E-state index contributed by atoms with van der Waals surface area (Å²) in [6.45, 7) is 1.78. The molecule has 8 nitrogen and oxygen atoms in total. The Labute approximate surface area is 172 Å². The first-order valence-electron chi connectivity index (χ1n) is 9.89. The number of furan rings is 1. The lowest BCUT2D eigenvalue weighted by molar-refractivity contribution is -0.384. The van der Waals surface area contributed by atoms with Crippen LogP contribution < -0.4 is 0 Å². The van der Waals surface area contributed by atoms with E-state index in [1.165, 1.54) is 12.3 Å². The second-order valence-electron chi connectivity index (χ2n) is 8.05. The molecule has 4 aliphatic rings. The van der Waals surface area contributed by atoms with Crippen molar-refractivity contribution in [2.75, 3.05) is 0 Å². The molecule has 4 atom stereocenters. The molecule has 3 aliphatic carbocycles. The summed E-state index contributed by atoms with van der Waals surface area (Å²) in [6, 6.07) is 8.10. The van der Waals surface area contributed by atoms with Gasteiger partial charge >= 0.3 is 0 Å². The molecule has 0 unspecified atom stereocenters. The van der Waals surface area contributed by atoms with Crippen molar-refractivity contribution in [3.8, 4) is 11.3 Å². The third kappa shape index (κ3) is 2.79. The highest BCUT2D eigenvalue weighted by atomic mass is 16.6. The molecule has 0 spiro atoms. The quantitative estimate of drug-likeness (QED) is 0.254. The number of imide groups is 1. The number of allylic oxidation sites excluding steroid dienone is 2. The van der Waals surface area contributed by atoms with E-state index in [0.717, 1.165) is 23.4 Å². The van der Waals surface area contributed by atoms with Crippen LogP contribution in [0.2, 0.25) is 0 Å². The van der Waals surface area contributed by atoms with Crippen LogP contribution in [0.15, 0.2) is 52.0 Å². The number of nitro benzene ring substituents is 1. The lowest BCUT2D eigenvalue weighted by Crippen LogP contribution is -2.38. The number of nitro groups is 1. The number of aryl methyl sites for hydroxylation is 1. The molecule has 1 aromatic carbocycles. The van der Waals surface area contributed by atoms with Gasteiger partial charge in [0.25, 0.3) is 17.5 Å². The number of carbonyl (C=O) groups is 2. The van der Waals surface area contributed by atoms with Crippen molar-refractivity contribution in [2.24, 2.45) is 28.8 Å². The normalized spacial score (nSPS) is 27.3. The molecule has 1 aromatic heterocycles. The van der Waals surface area contributed by atoms with E-state index < -0.39 is 4.92 Å². The Kier molecular flexibility index (Phi) is 4.16. The predicted octanol–water partition coefficient (Wildman–Crippen LogP) is 3.69. The van der Waals surface area contributed by atoms with Crippen molar-refractivity contribution in [1.29, 1.82) is 0 Å². The van der Waals surface area contributed by atoms with E-state index in [0.29, 0.717) is 17.1 Å². The third-order valence-electron chi connectivity index (χ3n) is 6.28. The molecule has 2 heterocycles. The third-order valence-corrected chi connectivity index (χ3v) is 6.28. The Bertz CT molecular complexity index is 1100. The Morgan fingerprint density at radius 1 is 1.10 bits per heavy atom. The number of hydrazone groups is 1. The maximum atomic E-state index is 12.8. The number of rotatable bonds is 4. The first-order chi connectivity index (χ1) is 14.4. The molecule has 0 N–H and O–H groups in total. The molecule has 2 aromatic rings. The van der Waals surface area contributed by atoms with Crippen LogP contribution in [0.3, 0.4) is 0 Å². The van der Waals surface area contributed by atoms with Gasteiger partial charge in [-0.3, -0.25) is 19.7 Å². The van der Waals surface area contributed by atoms with Crippen LogP contribution in [0, 0.1) is 40.7 Å². The average Bonchev–Trinajstić information content (AvgIpc) is 3.31. The summed E-state index contributed by atoms with van der Waals surface area (Å²) < 4.78 is 5.69. The van der Waals surface area contributed by atoms with Crippen LogP contribution in [0.25, 0.3) is 11.3 Å². The molecule has 2 fully saturated rings. The van der Waals surface area contributed by atoms with E-state index in [4.69, 9.17) is 4.42 Å². The standard InChI is InChI=1S/C22H19N3O5/c1-12-2-8-16(17(10-12)25(28)29)18-9-7-15(30-18)11-23-24-21(26)19-13-3-4-14(6-5-13)20(19)22(24)27/h2-4,7-11,13-14,19-20H,5-6H2,1H3/b23-11-/t13-,14-,19+,20+/m1/s1. The van der Waals surface area contributed by atoms with Crippen LogP contribution in [0.5, 0.6) is 0 Å². The number of hydrogen-bond acceptors (Lipinski definition) is 6. The predicted molar refractivity (Wildman–Crippen MR) is 107 cm³/mol. The molecule has 1 saturated heterocycles. The van der Waals surface area contributed by atoms with E-state index in [-0.39, 0.29) is 41.2 Å². The van der Waals surface area contributed by atoms with Crippen LogP contribution in [-0.4, -0.2) is 28.0 Å². The molecule has 1 aliphatic heterocycles. The number of benzene rings is 1. The SMILES string of the molecule is Cc1ccc(-c2ccc(/C=N\N3C(=O)[C@@H]4[C@@H](C3=O)[C@@H]3C=C[C@@H]4CC3)o2)c([N+](=O)[O-])c1. The summed E-state index contributed by atoms with van der Waals surface area (Å²) in [6.07, 6.45) is 7.28. The number of fused-ring (bicyclic) bond motifs is 1. The van der Waals surface area contributed by atoms with Crippen molar-refractivity contribution in [3.05, 3.63) is 63.9 Å². The van der Waals surface area contributed by atoms with Crippen LogP contribution in [-0.2, 0) is 9.59 Å². The molecule has 6 rings (SSSR count). The van der Waals surface area contributed by atoms with Gasteiger partial charge in [0.15, 0.2) is 0 Å². The van der Waals surface area contributed by atoms with Gasteiger partial charge in [-0.2, -0.15) is 10.1 Å².